The van der Waals surface area contributed by atoms with E-state index in [0.29, 0.717) is 32.2 Å². The number of amides is 1. The highest BCUT2D eigenvalue weighted by Crippen LogP contribution is 2.37. The van der Waals surface area contributed by atoms with Crippen molar-refractivity contribution in [3.8, 4) is 11.3 Å². The van der Waals surface area contributed by atoms with Crippen molar-refractivity contribution in [2.24, 2.45) is 0 Å². The van der Waals surface area contributed by atoms with E-state index in [1.165, 1.54) is 11.2 Å². The smallest absolute Gasteiger partial charge is 0.283 e. The van der Waals surface area contributed by atoms with Crippen LogP contribution in [0.25, 0.3) is 22.3 Å². The molecule has 2 aliphatic rings. The number of nitrogens with one attached hydrogen (secondary N) is 1. The van der Waals surface area contributed by atoms with E-state index >= 15 is 0 Å². The van der Waals surface area contributed by atoms with Crippen molar-refractivity contribution in [1.29, 1.82) is 0 Å². The van der Waals surface area contributed by atoms with Gasteiger partial charge in [0.25, 0.3) is 12.3 Å². The van der Waals surface area contributed by atoms with Gasteiger partial charge in [-0.2, -0.15) is 5.10 Å². The third kappa shape index (κ3) is 3.91. The van der Waals surface area contributed by atoms with Crippen LogP contribution in [0.1, 0.15) is 41.4 Å². The molecule has 5 heterocycles. The highest BCUT2D eigenvalue weighted by atomic mass is 19.3. The predicted octanol–water partition coefficient (Wildman–Crippen LogP) is 3.45. The first-order chi connectivity index (χ1) is 17.5. The molecule has 1 aliphatic carbocycles. The molecule has 0 unspecified atom stereocenters. The number of nitrogens with zero attached hydrogens (tertiary/aromatic N) is 7. The molecule has 0 aromatic carbocycles. The topological polar surface area (TPSA) is 95.8 Å². The minimum absolute atomic E-state index is 0.283. The van der Waals surface area contributed by atoms with Gasteiger partial charge in [0.15, 0.2) is 5.82 Å². The first-order valence-electron chi connectivity index (χ1n) is 11.8. The van der Waals surface area contributed by atoms with Gasteiger partial charge >= 0.3 is 0 Å². The molecule has 12 heteroatoms. The number of hydrogen-bond donors (Lipinski definition) is 1. The van der Waals surface area contributed by atoms with Crippen LogP contribution in [0.5, 0.6) is 0 Å². The van der Waals surface area contributed by atoms with Crippen LogP contribution in [0, 0.1) is 5.82 Å². The molecule has 1 saturated heterocycles. The van der Waals surface area contributed by atoms with E-state index in [4.69, 9.17) is 0 Å². The summed E-state index contributed by atoms with van der Waals surface area (Å²) in [5.41, 5.74) is 1.23. The zero-order valence-electron chi connectivity index (χ0n) is 19.2. The molecule has 0 spiro atoms. The van der Waals surface area contributed by atoms with Crippen LogP contribution in [0.3, 0.4) is 0 Å². The lowest BCUT2D eigenvalue weighted by Gasteiger charge is -2.46. The Kier molecular flexibility index (Phi) is 5.67. The molecule has 1 N–H and O–H groups in total. The summed E-state index contributed by atoms with van der Waals surface area (Å²) < 4.78 is 42.2. The molecule has 36 heavy (non-hydrogen) atoms. The highest BCUT2D eigenvalue weighted by molar-refractivity contribution is 5.94. The largest absolute Gasteiger partial charge is 0.346 e. The fourth-order valence-corrected chi connectivity index (χ4v) is 5.07. The number of aromatic nitrogens is 6. The summed E-state index contributed by atoms with van der Waals surface area (Å²) in [7, 11) is 0. The molecular formula is C24H23F3N8O. The second-order valence-electron chi connectivity index (χ2n) is 9.14. The number of pyridine rings is 1. The van der Waals surface area contributed by atoms with E-state index in [-0.39, 0.29) is 11.6 Å². The maximum absolute atomic E-state index is 14.4. The Morgan fingerprint density at radius 3 is 2.64 bits per heavy atom. The van der Waals surface area contributed by atoms with Crippen LogP contribution >= 0.6 is 0 Å². The Balaban J connectivity index is 1.05. The first-order valence-corrected chi connectivity index (χ1v) is 11.8. The fraction of sp³-hybridized carbons (Fsp3) is 0.375. The lowest BCUT2D eigenvalue weighted by Crippen LogP contribution is -2.55. The summed E-state index contributed by atoms with van der Waals surface area (Å²) in [6.07, 6.45) is 7.08. The molecule has 0 radical (unpaired) electrons. The second kappa shape index (κ2) is 9.01. The second-order valence-corrected chi connectivity index (χ2v) is 9.14. The predicted molar refractivity (Wildman–Crippen MR) is 124 cm³/mol. The molecule has 4 aromatic heterocycles. The Morgan fingerprint density at radius 2 is 1.86 bits per heavy atom. The van der Waals surface area contributed by atoms with E-state index in [2.05, 4.69) is 29.9 Å². The van der Waals surface area contributed by atoms with Gasteiger partial charge < -0.3 is 9.88 Å². The normalized spacial score (nSPS) is 20.7. The first kappa shape index (κ1) is 22.7. The minimum Gasteiger partial charge on any atom is -0.346 e. The van der Waals surface area contributed by atoms with E-state index in [0.717, 1.165) is 47.4 Å². The van der Waals surface area contributed by atoms with Crippen molar-refractivity contribution in [3.63, 3.8) is 0 Å². The molecule has 0 bridgehead atoms. The van der Waals surface area contributed by atoms with E-state index in [1.54, 1.807) is 0 Å². The van der Waals surface area contributed by atoms with E-state index < -0.39 is 23.8 Å². The van der Waals surface area contributed by atoms with Crippen molar-refractivity contribution >= 4 is 16.9 Å². The summed E-state index contributed by atoms with van der Waals surface area (Å²) in [5, 5.41) is 5.51. The zero-order chi connectivity index (χ0) is 24.8. The number of hydrogen-bond acceptors (Lipinski definition) is 6. The third-order valence-electron chi connectivity index (χ3n) is 7.16. The molecule has 0 atom stereocenters. The van der Waals surface area contributed by atoms with Gasteiger partial charge in [-0.25, -0.2) is 23.1 Å². The average molecular weight is 496 g/mol. The van der Waals surface area contributed by atoms with Gasteiger partial charge in [0.2, 0.25) is 0 Å². The van der Waals surface area contributed by atoms with Gasteiger partial charge in [-0.15, -0.1) is 0 Å². The third-order valence-corrected chi connectivity index (χ3v) is 7.16. The number of rotatable bonds is 5. The number of fused-ring (bicyclic) bond motifs is 1. The van der Waals surface area contributed by atoms with Crippen LogP contribution in [0.2, 0.25) is 0 Å². The number of carbonyl (C=O) groups excluding carboxylic acids is 1. The molecule has 1 amide bonds. The number of carbonyl (C=O) groups is 1. The van der Waals surface area contributed by atoms with Gasteiger partial charge in [-0.05, 0) is 25.0 Å². The minimum atomic E-state index is -3.07. The van der Waals surface area contributed by atoms with Gasteiger partial charge in [-0.3, -0.25) is 19.4 Å². The maximum atomic E-state index is 14.4. The molecule has 1 saturated carbocycles. The molecule has 6 rings (SSSR count). The van der Waals surface area contributed by atoms with Gasteiger partial charge in [0.1, 0.15) is 17.7 Å². The number of halogens is 3. The maximum Gasteiger partial charge on any atom is 0.283 e. The van der Waals surface area contributed by atoms with Gasteiger partial charge in [0, 0.05) is 61.8 Å². The molecule has 1 aliphatic heterocycles. The van der Waals surface area contributed by atoms with Crippen molar-refractivity contribution in [2.75, 3.05) is 26.2 Å². The van der Waals surface area contributed by atoms with Crippen molar-refractivity contribution in [2.45, 2.75) is 31.4 Å². The van der Waals surface area contributed by atoms with Crippen LogP contribution in [-0.2, 0) is 0 Å². The lowest BCUT2D eigenvalue weighted by atomic mass is 9.85. The Hall–Kier alpha value is -3.80. The monoisotopic (exact) mass is 496 g/mol. The number of aromatic amines is 1. The molecule has 186 valence electrons. The van der Waals surface area contributed by atoms with Crippen LogP contribution in [-0.4, -0.2) is 77.6 Å². The molecule has 4 aromatic rings. The number of alkyl halides is 2. The van der Waals surface area contributed by atoms with Crippen molar-refractivity contribution in [3.05, 3.63) is 60.3 Å². The van der Waals surface area contributed by atoms with Gasteiger partial charge in [-0.1, -0.05) is 0 Å². The average Bonchev–Trinajstić information content (AvgIpc) is 3.53. The van der Waals surface area contributed by atoms with Crippen LogP contribution in [0.15, 0.2) is 43.2 Å². The standard InChI is InChI=1S/C24H23F3N8O/c25-19-17(1-3-28-21(19)22(26)27)24(36)34-7-5-33(6-8-34)15-9-16(10-15)35-12-14(11-32-35)20-18-2-4-29-23(18)31-13-30-20/h1-4,11-13,15-16,22H,5-10H2,(H,29,30,31). The summed E-state index contributed by atoms with van der Waals surface area (Å²) in [6, 6.07) is 3.77. The quantitative estimate of drug-likeness (QED) is 0.455. The van der Waals surface area contributed by atoms with Crippen molar-refractivity contribution in [1.82, 2.24) is 39.5 Å². The fourth-order valence-electron chi connectivity index (χ4n) is 5.07. The number of H-pyrrole nitrogens is 1. The molecule has 9 nitrogen and oxygen atoms in total. The highest BCUT2D eigenvalue weighted by Gasteiger charge is 2.37. The SMILES string of the molecule is O=C(c1ccnc(C(F)F)c1F)N1CCN(C2CC(n3cc(-c4ncnc5[nH]ccc45)cn3)C2)CC1. The number of piperazine rings is 1. The van der Waals surface area contributed by atoms with Crippen molar-refractivity contribution < 1.29 is 18.0 Å². The lowest BCUT2D eigenvalue weighted by molar-refractivity contribution is 0.0291. The summed E-state index contributed by atoms with van der Waals surface area (Å²) >= 11 is 0. The zero-order valence-corrected chi connectivity index (χ0v) is 19.2. The summed E-state index contributed by atoms with van der Waals surface area (Å²) in [4.78, 5) is 31.7. The van der Waals surface area contributed by atoms with Gasteiger partial charge in [0.05, 0.1) is 23.5 Å². The Bertz CT molecular complexity index is 1410. The Morgan fingerprint density at radius 1 is 1.06 bits per heavy atom. The van der Waals surface area contributed by atoms with Crippen LogP contribution in [0.4, 0.5) is 13.2 Å². The van der Waals surface area contributed by atoms with Crippen LogP contribution < -0.4 is 0 Å². The van der Waals surface area contributed by atoms with E-state index in [1.807, 2.05) is 29.3 Å². The summed E-state index contributed by atoms with van der Waals surface area (Å²) in [5.74, 6) is -1.81. The molecular weight excluding hydrogens is 473 g/mol. The van der Waals surface area contributed by atoms with E-state index in [9.17, 15) is 18.0 Å². The summed E-state index contributed by atoms with van der Waals surface area (Å²) in [6.45, 7) is 2.12. The molecule has 2 fully saturated rings. The Labute approximate surface area is 204 Å².